The maximum atomic E-state index is 13.4. The highest BCUT2D eigenvalue weighted by Gasteiger charge is 2.27. The molecule has 2 aromatic heterocycles. The molecule has 160 valence electrons. The van der Waals surface area contributed by atoms with Crippen LogP contribution in [0.2, 0.25) is 0 Å². The fourth-order valence-electron chi connectivity index (χ4n) is 4.54. The molecule has 2 aromatic rings. The van der Waals surface area contributed by atoms with Crippen LogP contribution in [0.1, 0.15) is 42.6 Å². The molecule has 2 aliphatic heterocycles. The summed E-state index contributed by atoms with van der Waals surface area (Å²) in [7, 11) is 2.13. The van der Waals surface area contributed by atoms with Crippen molar-refractivity contribution in [1.29, 1.82) is 0 Å². The molecule has 1 aliphatic carbocycles. The average molecular weight is 409 g/mol. The minimum Gasteiger partial charge on any atom is -0.343 e. The number of likely N-dealkylation sites (N-methyl/N-ethyl adjacent to an activating group) is 1. The highest BCUT2D eigenvalue weighted by molar-refractivity contribution is 5.94. The summed E-state index contributed by atoms with van der Waals surface area (Å²) in [6.45, 7) is 6.64. The first-order chi connectivity index (χ1) is 14.7. The van der Waals surface area contributed by atoms with Gasteiger partial charge in [-0.2, -0.15) is 0 Å². The third-order valence-corrected chi connectivity index (χ3v) is 6.63. The Hall–Kier alpha value is -2.41. The first-order valence-electron chi connectivity index (χ1n) is 11.4. The molecule has 7 heteroatoms. The second kappa shape index (κ2) is 8.38. The van der Waals surface area contributed by atoms with Crippen molar-refractivity contribution < 1.29 is 4.79 Å². The molecule has 0 bridgehead atoms. The van der Waals surface area contributed by atoms with E-state index in [4.69, 9.17) is 0 Å². The van der Waals surface area contributed by atoms with E-state index in [1.165, 1.54) is 25.7 Å². The Kier molecular flexibility index (Phi) is 5.46. The van der Waals surface area contributed by atoms with Crippen molar-refractivity contribution in [3.05, 3.63) is 30.4 Å². The van der Waals surface area contributed by atoms with Gasteiger partial charge in [0.2, 0.25) is 5.95 Å². The Bertz CT molecular complexity index is 882. The van der Waals surface area contributed by atoms with Gasteiger partial charge in [0.05, 0.1) is 0 Å². The van der Waals surface area contributed by atoms with Crippen molar-refractivity contribution in [2.24, 2.45) is 5.92 Å². The minimum absolute atomic E-state index is 0.159. The number of anilines is 1. The molecule has 30 heavy (non-hydrogen) atoms. The second-order valence-electron chi connectivity index (χ2n) is 9.12. The zero-order valence-electron chi connectivity index (χ0n) is 18.0. The summed E-state index contributed by atoms with van der Waals surface area (Å²) in [5, 5.41) is 0. The number of amides is 1. The Morgan fingerprint density at radius 2 is 1.73 bits per heavy atom. The largest absolute Gasteiger partial charge is 0.343 e. The lowest BCUT2D eigenvalue weighted by Gasteiger charge is -2.21. The summed E-state index contributed by atoms with van der Waals surface area (Å²) in [4.78, 5) is 29.2. The van der Waals surface area contributed by atoms with Gasteiger partial charge in [-0.3, -0.25) is 4.79 Å². The van der Waals surface area contributed by atoms with Gasteiger partial charge in [0.1, 0.15) is 5.69 Å². The molecule has 5 rings (SSSR count). The smallest absolute Gasteiger partial charge is 0.270 e. The monoisotopic (exact) mass is 408 g/mol. The molecule has 2 saturated heterocycles. The van der Waals surface area contributed by atoms with E-state index in [-0.39, 0.29) is 5.91 Å². The van der Waals surface area contributed by atoms with E-state index in [1.54, 1.807) is 0 Å². The van der Waals surface area contributed by atoms with Gasteiger partial charge in [-0.25, -0.2) is 9.97 Å². The van der Waals surface area contributed by atoms with Crippen LogP contribution < -0.4 is 4.90 Å². The van der Waals surface area contributed by atoms with Crippen LogP contribution in [0, 0.1) is 5.92 Å². The molecule has 3 fully saturated rings. The van der Waals surface area contributed by atoms with Crippen molar-refractivity contribution in [3.63, 3.8) is 0 Å². The quantitative estimate of drug-likeness (QED) is 0.761. The van der Waals surface area contributed by atoms with E-state index < -0.39 is 0 Å². The van der Waals surface area contributed by atoms with Gasteiger partial charge in [-0.15, -0.1) is 0 Å². The average Bonchev–Trinajstić information content (AvgIpc) is 3.30. The molecule has 0 unspecified atom stereocenters. The molecule has 7 nitrogen and oxygen atoms in total. The normalized spacial score (nSPS) is 20.6. The highest BCUT2D eigenvalue weighted by atomic mass is 16.2. The van der Waals surface area contributed by atoms with Crippen LogP contribution in [0.25, 0.3) is 11.1 Å². The molecule has 1 amide bonds. The van der Waals surface area contributed by atoms with E-state index >= 15 is 0 Å². The summed E-state index contributed by atoms with van der Waals surface area (Å²) in [5.41, 5.74) is 2.83. The van der Waals surface area contributed by atoms with Crippen LogP contribution in [0.15, 0.2) is 24.7 Å². The SMILES string of the molecule is CN1CCCN(C(=O)c2cc(-c3cnc(N4CCCC4)nc3)cn2CC2CC2)CC1. The fourth-order valence-corrected chi connectivity index (χ4v) is 4.54. The van der Waals surface area contributed by atoms with Crippen LogP contribution in [0.4, 0.5) is 5.95 Å². The number of aromatic nitrogens is 3. The van der Waals surface area contributed by atoms with Gasteiger partial charge in [-0.05, 0) is 57.7 Å². The first kappa shape index (κ1) is 19.5. The van der Waals surface area contributed by atoms with E-state index in [9.17, 15) is 4.79 Å². The Labute approximate surface area is 178 Å². The van der Waals surface area contributed by atoms with Crippen molar-refractivity contribution in [1.82, 2.24) is 24.3 Å². The maximum absolute atomic E-state index is 13.4. The van der Waals surface area contributed by atoms with E-state index in [2.05, 4.69) is 37.6 Å². The summed E-state index contributed by atoms with van der Waals surface area (Å²) >= 11 is 0. The summed E-state index contributed by atoms with van der Waals surface area (Å²) in [5.74, 6) is 1.69. The molecule has 0 spiro atoms. The zero-order valence-corrected chi connectivity index (χ0v) is 18.0. The van der Waals surface area contributed by atoms with Gasteiger partial charge in [0, 0.05) is 69.0 Å². The van der Waals surface area contributed by atoms with Crippen molar-refractivity contribution in [2.75, 3.05) is 51.2 Å². The van der Waals surface area contributed by atoms with Crippen LogP contribution in [0.5, 0.6) is 0 Å². The Balaban J connectivity index is 1.39. The molecule has 1 saturated carbocycles. The lowest BCUT2D eigenvalue weighted by molar-refractivity contribution is 0.0751. The van der Waals surface area contributed by atoms with E-state index in [1.807, 2.05) is 23.4 Å². The minimum atomic E-state index is 0.159. The second-order valence-corrected chi connectivity index (χ2v) is 9.12. The molecule has 0 atom stereocenters. The summed E-state index contributed by atoms with van der Waals surface area (Å²) in [6.07, 6.45) is 11.9. The molecular formula is C23H32N6O. The number of nitrogens with zero attached hydrogens (tertiary/aromatic N) is 6. The lowest BCUT2D eigenvalue weighted by Crippen LogP contribution is -2.35. The van der Waals surface area contributed by atoms with Crippen molar-refractivity contribution in [3.8, 4) is 11.1 Å². The fraction of sp³-hybridized carbons (Fsp3) is 0.609. The molecule has 0 radical (unpaired) electrons. The molecule has 3 aliphatic rings. The molecular weight excluding hydrogens is 376 g/mol. The summed E-state index contributed by atoms with van der Waals surface area (Å²) in [6, 6.07) is 2.05. The predicted molar refractivity (Wildman–Crippen MR) is 118 cm³/mol. The summed E-state index contributed by atoms with van der Waals surface area (Å²) < 4.78 is 2.18. The van der Waals surface area contributed by atoms with Crippen LogP contribution in [0.3, 0.4) is 0 Å². The highest BCUT2D eigenvalue weighted by Crippen LogP contribution is 2.33. The van der Waals surface area contributed by atoms with Crippen LogP contribution in [-0.2, 0) is 6.54 Å². The van der Waals surface area contributed by atoms with Gasteiger partial charge < -0.3 is 19.3 Å². The van der Waals surface area contributed by atoms with Gasteiger partial charge in [0.25, 0.3) is 5.91 Å². The van der Waals surface area contributed by atoms with Crippen molar-refractivity contribution in [2.45, 2.75) is 38.6 Å². The van der Waals surface area contributed by atoms with Gasteiger partial charge in [0.15, 0.2) is 0 Å². The van der Waals surface area contributed by atoms with Gasteiger partial charge in [-0.1, -0.05) is 0 Å². The van der Waals surface area contributed by atoms with Crippen LogP contribution >= 0.6 is 0 Å². The maximum Gasteiger partial charge on any atom is 0.270 e. The predicted octanol–water partition coefficient (Wildman–Crippen LogP) is 2.73. The molecule has 0 aromatic carbocycles. The Morgan fingerprint density at radius 3 is 2.47 bits per heavy atom. The van der Waals surface area contributed by atoms with Crippen molar-refractivity contribution >= 4 is 11.9 Å². The first-order valence-corrected chi connectivity index (χ1v) is 11.4. The number of hydrogen-bond acceptors (Lipinski definition) is 5. The zero-order chi connectivity index (χ0) is 20.5. The Morgan fingerprint density at radius 1 is 0.967 bits per heavy atom. The topological polar surface area (TPSA) is 57.5 Å². The standard InChI is InChI=1S/C23H32N6O/c1-26-7-4-10-27(12-11-26)22(30)21-13-19(17-29(21)16-18-5-6-18)20-14-24-23(25-15-20)28-8-2-3-9-28/h13-15,17-18H,2-12,16H2,1H3. The third kappa shape index (κ3) is 4.21. The number of hydrogen-bond donors (Lipinski definition) is 0. The number of rotatable bonds is 5. The van der Waals surface area contributed by atoms with Crippen LogP contribution in [-0.4, -0.2) is 76.6 Å². The third-order valence-electron chi connectivity index (χ3n) is 6.63. The van der Waals surface area contributed by atoms with E-state index in [0.29, 0.717) is 5.92 Å². The number of carbonyl (C=O) groups is 1. The molecule has 4 heterocycles. The molecule has 0 N–H and O–H groups in total. The van der Waals surface area contributed by atoms with Gasteiger partial charge >= 0.3 is 0 Å². The van der Waals surface area contributed by atoms with E-state index in [0.717, 1.165) is 75.0 Å². The number of carbonyl (C=O) groups excluding carboxylic acids is 1. The lowest BCUT2D eigenvalue weighted by atomic mass is 10.2.